The molecule has 0 unspecified atom stereocenters. The monoisotopic (exact) mass is 345 g/mol. The van der Waals surface area contributed by atoms with Crippen molar-refractivity contribution in [3.8, 4) is 11.5 Å². The predicted molar refractivity (Wildman–Crippen MR) is 90.2 cm³/mol. The van der Waals surface area contributed by atoms with Gasteiger partial charge in [-0.2, -0.15) is 0 Å². The van der Waals surface area contributed by atoms with E-state index in [1.54, 1.807) is 23.9 Å². The molecule has 0 spiro atoms. The van der Waals surface area contributed by atoms with E-state index in [0.29, 0.717) is 6.42 Å². The molecule has 25 heavy (non-hydrogen) atoms. The van der Waals surface area contributed by atoms with Crippen molar-refractivity contribution in [2.75, 3.05) is 34.0 Å². The highest BCUT2D eigenvalue weighted by Crippen LogP contribution is 2.36. The molecule has 134 valence electrons. The minimum Gasteiger partial charge on any atom is -0.454 e. The summed E-state index contributed by atoms with van der Waals surface area (Å²) in [6, 6.07) is 6.33. The summed E-state index contributed by atoms with van der Waals surface area (Å²) in [5.74, 6) is 1.63. The number of rotatable bonds is 4. The highest BCUT2D eigenvalue weighted by molar-refractivity contribution is 5.86. The summed E-state index contributed by atoms with van der Waals surface area (Å²) in [6.45, 7) is 2.17. The molecule has 2 amide bonds. The molecule has 2 atom stereocenters. The minimum atomic E-state index is -0.0248. The molecular formula is C18H23N3O4. The van der Waals surface area contributed by atoms with Crippen LogP contribution in [0, 0.1) is 0 Å². The fourth-order valence-electron chi connectivity index (χ4n) is 3.97. The Labute approximate surface area is 147 Å². The van der Waals surface area contributed by atoms with Crippen molar-refractivity contribution in [3.05, 3.63) is 23.8 Å². The van der Waals surface area contributed by atoms with Crippen LogP contribution in [0.3, 0.4) is 0 Å². The molecule has 0 bridgehead atoms. The lowest BCUT2D eigenvalue weighted by Crippen LogP contribution is -2.43. The fourth-order valence-corrected chi connectivity index (χ4v) is 3.97. The van der Waals surface area contributed by atoms with Crippen LogP contribution in [0.5, 0.6) is 11.5 Å². The van der Waals surface area contributed by atoms with Gasteiger partial charge in [-0.3, -0.25) is 14.5 Å². The first-order chi connectivity index (χ1) is 12.0. The van der Waals surface area contributed by atoms with Crippen LogP contribution in [0.1, 0.15) is 18.4 Å². The SMILES string of the molecule is CN(C)C(=O)CN1C(=O)C[C@@H]2[C@@H]1CCN2Cc1ccc2c(c1)OCO2. The molecule has 0 N–H and O–H groups in total. The average Bonchev–Trinajstić information content (AvgIpc) is 3.26. The van der Waals surface area contributed by atoms with E-state index in [1.807, 2.05) is 18.2 Å². The van der Waals surface area contributed by atoms with Gasteiger partial charge in [0, 0.05) is 45.7 Å². The number of likely N-dealkylation sites (N-methyl/N-ethyl adjacent to an activating group) is 1. The van der Waals surface area contributed by atoms with Crippen molar-refractivity contribution in [2.45, 2.75) is 31.5 Å². The fraction of sp³-hybridized carbons (Fsp3) is 0.556. The largest absolute Gasteiger partial charge is 0.454 e. The van der Waals surface area contributed by atoms with E-state index in [4.69, 9.17) is 9.47 Å². The van der Waals surface area contributed by atoms with Gasteiger partial charge in [0.2, 0.25) is 18.6 Å². The Bertz CT molecular complexity index is 706. The zero-order valence-electron chi connectivity index (χ0n) is 14.6. The van der Waals surface area contributed by atoms with Crippen LogP contribution in [0.15, 0.2) is 18.2 Å². The van der Waals surface area contributed by atoms with E-state index < -0.39 is 0 Å². The Kier molecular flexibility index (Phi) is 4.03. The maximum atomic E-state index is 12.4. The van der Waals surface area contributed by atoms with E-state index in [0.717, 1.165) is 36.6 Å². The number of nitrogens with zero attached hydrogens (tertiary/aromatic N) is 3. The Hall–Kier alpha value is -2.28. The maximum absolute atomic E-state index is 12.4. The van der Waals surface area contributed by atoms with E-state index in [-0.39, 0.29) is 37.2 Å². The van der Waals surface area contributed by atoms with Gasteiger partial charge in [-0.05, 0) is 24.1 Å². The summed E-state index contributed by atoms with van der Waals surface area (Å²) in [5, 5.41) is 0. The molecule has 2 saturated heterocycles. The van der Waals surface area contributed by atoms with Crippen molar-refractivity contribution in [1.29, 1.82) is 0 Å². The van der Waals surface area contributed by atoms with Gasteiger partial charge in [0.05, 0.1) is 0 Å². The van der Waals surface area contributed by atoms with E-state index in [9.17, 15) is 9.59 Å². The standard InChI is InChI=1S/C18H23N3O4/c1-19(2)18(23)10-21-13-5-6-20(14(13)8-17(21)22)9-12-3-4-15-16(7-12)25-11-24-15/h3-4,7,13-14H,5-6,8-11H2,1-2H3/t13-,14+/m0/s1. The number of carbonyl (C=O) groups is 2. The Balaban J connectivity index is 1.44. The summed E-state index contributed by atoms with van der Waals surface area (Å²) in [7, 11) is 3.45. The quantitative estimate of drug-likeness (QED) is 0.803. The molecule has 7 heteroatoms. The third-order valence-electron chi connectivity index (χ3n) is 5.36. The second kappa shape index (κ2) is 6.22. The van der Waals surface area contributed by atoms with Crippen LogP contribution in [-0.4, -0.2) is 72.6 Å². The normalized spacial score (nSPS) is 24.7. The lowest BCUT2D eigenvalue weighted by Gasteiger charge is -2.26. The van der Waals surface area contributed by atoms with Gasteiger partial charge in [-0.25, -0.2) is 0 Å². The lowest BCUT2D eigenvalue weighted by atomic mass is 10.1. The summed E-state index contributed by atoms with van der Waals surface area (Å²) in [4.78, 5) is 30.1. The summed E-state index contributed by atoms with van der Waals surface area (Å²) >= 11 is 0. The van der Waals surface area contributed by atoms with Gasteiger partial charge < -0.3 is 19.3 Å². The summed E-state index contributed by atoms with van der Waals surface area (Å²) < 4.78 is 10.8. The molecule has 4 rings (SSSR count). The van der Waals surface area contributed by atoms with Crippen LogP contribution in [0.4, 0.5) is 0 Å². The predicted octanol–water partition coefficient (Wildman–Crippen LogP) is 0.679. The number of fused-ring (bicyclic) bond motifs is 2. The Morgan fingerprint density at radius 1 is 1.24 bits per heavy atom. The lowest BCUT2D eigenvalue weighted by molar-refractivity contribution is -0.138. The number of carbonyl (C=O) groups excluding carboxylic acids is 2. The van der Waals surface area contributed by atoms with Crippen molar-refractivity contribution in [3.63, 3.8) is 0 Å². The Morgan fingerprint density at radius 3 is 2.84 bits per heavy atom. The van der Waals surface area contributed by atoms with Gasteiger partial charge in [-0.1, -0.05) is 6.07 Å². The highest BCUT2D eigenvalue weighted by Gasteiger charge is 2.47. The zero-order chi connectivity index (χ0) is 17.6. The van der Waals surface area contributed by atoms with Crippen LogP contribution >= 0.6 is 0 Å². The first kappa shape index (κ1) is 16.2. The number of hydrogen-bond acceptors (Lipinski definition) is 5. The molecule has 1 aromatic carbocycles. The van der Waals surface area contributed by atoms with Gasteiger partial charge in [0.25, 0.3) is 0 Å². The van der Waals surface area contributed by atoms with E-state index in [2.05, 4.69) is 4.90 Å². The molecule has 0 aliphatic carbocycles. The van der Waals surface area contributed by atoms with Gasteiger partial charge in [0.1, 0.15) is 6.54 Å². The number of ether oxygens (including phenoxy) is 2. The first-order valence-corrected chi connectivity index (χ1v) is 8.65. The average molecular weight is 345 g/mol. The zero-order valence-corrected chi connectivity index (χ0v) is 14.6. The Morgan fingerprint density at radius 2 is 2.04 bits per heavy atom. The second-order valence-corrected chi connectivity index (χ2v) is 7.10. The van der Waals surface area contributed by atoms with Crippen molar-refractivity contribution in [2.24, 2.45) is 0 Å². The molecule has 1 aromatic rings. The molecule has 0 saturated carbocycles. The number of benzene rings is 1. The van der Waals surface area contributed by atoms with E-state index in [1.165, 1.54) is 0 Å². The summed E-state index contributed by atoms with van der Waals surface area (Å²) in [6.07, 6.45) is 1.41. The van der Waals surface area contributed by atoms with Crippen LogP contribution in [0.2, 0.25) is 0 Å². The number of hydrogen-bond donors (Lipinski definition) is 0. The first-order valence-electron chi connectivity index (χ1n) is 8.65. The van der Waals surface area contributed by atoms with Gasteiger partial charge in [0.15, 0.2) is 11.5 Å². The maximum Gasteiger partial charge on any atom is 0.241 e. The van der Waals surface area contributed by atoms with Crippen molar-refractivity contribution < 1.29 is 19.1 Å². The van der Waals surface area contributed by atoms with Gasteiger partial charge >= 0.3 is 0 Å². The molecule has 7 nitrogen and oxygen atoms in total. The molecule has 3 aliphatic rings. The van der Waals surface area contributed by atoms with Crippen LogP contribution in [0.25, 0.3) is 0 Å². The molecular weight excluding hydrogens is 322 g/mol. The summed E-state index contributed by atoms with van der Waals surface area (Å²) in [5.41, 5.74) is 1.15. The van der Waals surface area contributed by atoms with Crippen LogP contribution in [-0.2, 0) is 16.1 Å². The third-order valence-corrected chi connectivity index (χ3v) is 5.36. The molecule has 3 aliphatic heterocycles. The van der Waals surface area contributed by atoms with Crippen molar-refractivity contribution >= 4 is 11.8 Å². The molecule has 0 aromatic heterocycles. The van der Waals surface area contributed by atoms with Gasteiger partial charge in [-0.15, -0.1) is 0 Å². The minimum absolute atomic E-state index is 0.0248. The topological polar surface area (TPSA) is 62.3 Å². The number of amides is 2. The molecule has 0 radical (unpaired) electrons. The number of likely N-dealkylation sites (tertiary alicyclic amines) is 2. The smallest absolute Gasteiger partial charge is 0.241 e. The molecule has 3 heterocycles. The third kappa shape index (κ3) is 2.93. The van der Waals surface area contributed by atoms with E-state index >= 15 is 0 Å². The highest BCUT2D eigenvalue weighted by atomic mass is 16.7. The molecule has 2 fully saturated rings. The van der Waals surface area contributed by atoms with Crippen LogP contribution < -0.4 is 9.47 Å². The van der Waals surface area contributed by atoms with Crippen molar-refractivity contribution in [1.82, 2.24) is 14.7 Å². The second-order valence-electron chi connectivity index (χ2n) is 7.10.